The van der Waals surface area contributed by atoms with Gasteiger partial charge in [-0.25, -0.2) is 0 Å². The second-order valence-electron chi connectivity index (χ2n) is 5.28. The highest BCUT2D eigenvalue weighted by Crippen LogP contribution is 2.41. The summed E-state index contributed by atoms with van der Waals surface area (Å²) >= 11 is 9.58. The summed E-state index contributed by atoms with van der Waals surface area (Å²) in [5, 5.41) is 11.1. The molecule has 0 amide bonds. The monoisotopic (exact) mass is 330 g/mol. The van der Waals surface area contributed by atoms with Crippen molar-refractivity contribution in [3.05, 3.63) is 33.3 Å². The lowest BCUT2D eigenvalue weighted by molar-refractivity contribution is 0.0432. The van der Waals surface area contributed by atoms with Gasteiger partial charge in [0.15, 0.2) is 0 Å². The molecule has 2 heterocycles. The van der Waals surface area contributed by atoms with Crippen LogP contribution in [0.4, 0.5) is 0 Å². The van der Waals surface area contributed by atoms with E-state index in [1.54, 1.807) is 0 Å². The highest BCUT2D eigenvalue weighted by molar-refractivity contribution is 9.10. The lowest BCUT2D eigenvalue weighted by atomic mass is 9.83. The Kier molecular flexibility index (Phi) is 3.68. The summed E-state index contributed by atoms with van der Waals surface area (Å²) in [7, 11) is 0. The predicted octanol–water partition coefficient (Wildman–Crippen LogP) is 3.57. The number of fused-ring (bicyclic) bond motifs is 2. The van der Waals surface area contributed by atoms with Crippen LogP contribution in [0.1, 0.15) is 24.8 Å². The van der Waals surface area contributed by atoms with Crippen molar-refractivity contribution in [1.82, 2.24) is 0 Å². The Morgan fingerprint density at radius 3 is 2.89 bits per heavy atom. The van der Waals surface area contributed by atoms with Crippen LogP contribution in [-0.4, -0.2) is 23.4 Å². The first kappa shape index (κ1) is 12.9. The zero-order valence-corrected chi connectivity index (χ0v) is 12.3. The van der Waals surface area contributed by atoms with Gasteiger partial charge in [-0.2, -0.15) is 0 Å². The minimum Gasteiger partial charge on any atom is -0.392 e. The van der Waals surface area contributed by atoms with Crippen molar-refractivity contribution >= 4 is 27.5 Å². The second-order valence-corrected chi connectivity index (χ2v) is 6.60. The van der Waals surface area contributed by atoms with Crippen LogP contribution in [0.15, 0.2) is 22.7 Å². The minimum atomic E-state index is -0.348. The smallest absolute Gasteiger partial charge is 0.0634 e. The fourth-order valence-electron chi connectivity index (χ4n) is 3.15. The zero-order valence-electron chi connectivity index (χ0n) is 9.98. The summed E-state index contributed by atoms with van der Waals surface area (Å²) in [5.41, 5.74) is 1.01. The molecule has 2 nitrogen and oxygen atoms in total. The fourth-order valence-corrected chi connectivity index (χ4v) is 3.90. The van der Waals surface area contributed by atoms with Gasteiger partial charge >= 0.3 is 0 Å². The van der Waals surface area contributed by atoms with Crippen LogP contribution in [0.2, 0.25) is 5.02 Å². The van der Waals surface area contributed by atoms with Gasteiger partial charge in [-0.05, 0) is 37.0 Å². The Labute approximate surface area is 120 Å². The van der Waals surface area contributed by atoms with E-state index in [4.69, 9.17) is 16.3 Å². The van der Waals surface area contributed by atoms with E-state index in [-0.39, 0.29) is 18.1 Å². The maximum Gasteiger partial charge on any atom is 0.0634 e. The molecule has 1 N–H and O–H groups in total. The van der Waals surface area contributed by atoms with Crippen molar-refractivity contribution in [2.24, 2.45) is 5.92 Å². The topological polar surface area (TPSA) is 29.5 Å². The molecule has 0 aromatic heterocycles. The van der Waals surface area contributed by atoms with Crippen molar-refractivity contribution in [1.29, 1.82) is 0 Å². The highest BCUT2D eigenvalue weighted by atomic mass is 79.9. The van der Waals surface area contributed by atoms with Crippen LogP contribution in [0.25, 0.3) is 0 Å². The first-order valence-electron chi connectivity index (χ1n) is 6.41. The SMILES string of the molecule is OC(Cc1ccc(Br)cc1Cl)C1CC2CCC1O2. The molecule has 98 valence electrons. The van der Waals surface area contributed by atoms with E-state index in [1.807, 2.05) is 18.2 Å². The lowest BCUT2D eigenvalue weighted by Gasteiger charge is -2.24. The number of rotatable bonds is 3. The summed E-state index contributed by atoms with van der Waals surface area (Å²) in [5.74, 6) is 0.281. The fraction of sp³-hybridized carbons (Fsp3) is 0.571. The standard InChI is InChI=1S/C14H16BrClO2/c15-9-2-1-8(12(16)6-9)5-13(17)11-7-10-3-4-14(11)18-10/h1-2,6,10-11,13-14,17H,3-5,7H2. The molecule has 1 aromatic rings. The summed E-state index contributed by atoms with van der Waals surface area (Å²) in [4.78, 5) is 0. The van der Waals surface area contributed by atoms with Crippen molar-refractivity contribution in [3.63, 3.8) is 0 Å². The van der Waals surface area contributed by atoms with Gasteiger partial charge in [0.2, 0.25) is 0 Å². The van der Waals surface area contributed by atoms with Gasteiger partial charge < -0.3 is 9.84 Å². The quantitative estimate of drug-likeness (QED) is 0.917. The molecule has 4 heteroatoms. The van der Waals surface area contributed by atoms with Gasteiger partial charge in [0.05, 0.1) is 18.3 Å². The van der Waals surface area contributed by atoms with Gasteiger partial charge in [-0.1, -0.05) is 33.6 Å². The molecule has 3 rings (SSSR count). The van der Waals surface area contributed by atoms with Crippen molar-refractivity contribution in [2.45, 2.75) is 44.0 Å². The van der Waals surface area contributed by atoms with Gasteiger partial charge in [0, 0.05) is 21.8 Å². The van der Waals surface area contributed by atoms with Gasteiger partial charge in [-0.3, -0.25) is 0 Å². The maximum atomic E-state index is 10.4. The molecule has 2 aliphatic rings. The molecule has 2 bridgehead atoms. The number of aliphatic hydroxyl groups is 1. The largest absolute Gasteiger partial charge is 0.392 e. The normalized spacial score (nSPS) is 31.8. The number of halogens is 2. The molecule has 4 atom stereocenters. The summed E-state index contributed by atoms with van der Waals surface area (Å²) in [6.07, 6.45) is 4.17. The summed E-state index contributed by atoms with van der Waals surface area (Å²) in [6.45, 7) is 0. The van der Waals surface area contributed by atoms with E-state index in [9.17, 15) is 5.11 Å². The minimum absolute atomic E-state index is 0.263. The third kappa shape index (κ3) is 2.46. The molecule has 18 heavy (non-hydrogen) atoms. The van der Waals surface area contributed by atoms with E-state index in [1.165, 1.54) is 0 Å². The number of ether oxygens (including phenoxy) is 1. The number of benzene rings is 1. The molecule has 2 fully saturated rings. The number of hydrogen-bond donors (Lipinski definition) is 1. The Morgan fingerprint density at radius 1 is 1.44 bits per heavy atom. The van der Waals surface area contributed by atoms with E-state index in [0.717, 1.165) is 29.3 Å². The predicted molar refractivity (Wildman–Crippen MR) is 74.9 cm³/mol. The van der Waals surface area contributed by atoms with Crippen molar-refractivity contribution in [3.8, 4) is 0 Å². The third-order valence-electron chi connectivity index (χ3n) is 4.09. The molecule has 1 aromatic carbocycles. The molecule has 4 unspecified atom stereocenters. The lowest BCUT2D eigenvalue weighted by Crippen LogP contribution is -2.31. The Morgan fingerprint density at radius 2 is 2.28 bits per heavy atom. The van der Waals surface area contributed by atoms with Crippen LogP contribution in [-0.2, 0) is 11.2 Å². The molecule has 2 aliphatic heterocycles. The Balaban J connectivity index is 1.69. The van der Waals surface area contributed by atoms with E-state index in [2.05, 4.69) is 15.9 Å². The Bertz CT molecular complexity index is 451. The molecule has 0 spiro atoms. The van der Waals surface area contributed by atoms with Crippen molar-refractivity contribution < 1.29 is 9.84 Å². The molecule has 0 radical (unpaired) electrons. The Hall–Kier alpha value is -0.0900. The number of hydrogen-bond acceptors (Lipinski definition) is 2. The van der Waals surface area contributed by atoms with Crippen LogP contribution >= 0.6 is 27.5 Å². The van der Waals surface area contributed by atoms with Crippen LogP contribution in [0.3, 0.4) is 0 Å². The van der Waals surface area contributed by atoms with Gasteiger partial charge in [0.25, 0.3) is 0 Å². The van der Waals surface area contributed by atoms with Crippen LogP contribution in [0, 0.1) is 5.92 Å². The molecule has 0 saturated carbocycles. The average Bonchev–Trinajstić information content (AvgIpc) is 2.94. The molecular weight excluding hydrogens is 316 g/mol. The third-order valence-corrected chi connectivity index (χ3v) is 4.94. The van der Waals surface area contributed by atoms with E-state index >= 15 is 0 Å². The summed E-state index contributed by atoms with van der Waals surface area (Å²) in [6, 6.07) is 5.82. The van der Waals surface area contributed by atoms with E-state index < -0.39 is 0 Å². The number of aliphatic hydroxyl groups excluding tert-OH is 1. The maximum absolute atomic E-state index is 10.4. The van der Waals surface area contributed by atoms with Crippen LogP contribution in [0.5, 0.6) is 0 Å². The van der Waals surface area contributed by atoms with E-state index in [0.29, 0.717) is 17.5 Å². The first-order chi connectivity index (χ1) is 8.63. The average molecular weight is 332 g/mol. The molecule has 0 aliphatic carbocycles. The molecular formula is C14H16BrClO2. The van der Waals surface area contributed by atoms with Crippen LogP contribution < -0.4 is 0 Å². The summed E-state index contributed by atoms with van der Waals surface area (Å²) < 4.78 is 6.76. The first-order valence-corrected chi connectivity index (χ1v) is 7.58. The zero-order chi connectivity index (χ0) is 12.7. The highest BCUT2D eigenvalue weighted by Gasteiger charge is 2.43. The second kappa shape index (κ2) is 5.12. The van der Waals surface area contributed by atoms with Gasteiger partial charge in [-0.15, -0.1) is 0 Å². The van der Waals surface area contributed by atoms with Gasteiger partial charge in [0.1, 0.15) is 0 Å². The van der Waals surface area contributed by atoms with Crippen molar-refractivity contribution in [2.75, 3.05) is 0 Å². The molecule has 2 saturated heterocycles.